The van der Waals surface area contributed by atoms with Gasteiger partial charge in [-0.25, -0.2) is 14.5 Å². The lowest BCUT2D eigenvalue weighted by Crippen LogP contribution is -2.29. The zero-order chi connectivity index (χ0) is 20.5. The van der Waals surface area contributed by atoms with Gasteiger partial charge >= 0.3 is 6.18 Å². The van der Waals surface area contributed by atoms with Gasteiger partial charge in [0.15, 0.2) is 5.65 Å². The highest BCUT2D eigenvalue weighted by Gasteiger charge is 2.31. The zero-order valence-electron chi connectivity index (χ0n) is 14.9. The number of halogens is 4. The topological polar surface area (TPSA) is 84.2 Å². The highest BCUT2D eigenvalue weighted by molar-refractivity contribution is 6.32. The molecule has 0 aliphatic carbocycles. The largest absolute Gasteiger partial charge is 0.417 e. The third-order valence-electron chi connectivity index (χ3n) is 3.89. The van der Waals surface area contributed by atoms with Crippen LogP contribution in [0.5, 0.6) is 0 Å². The van der Waals surface area contributed by atoms with Gasteiger partial charge in [-0.3, -0.25) is 4.79 Å². The molecule has 3 aromatic rings. The van der Waals surface area contributed by atoms with E-state index >= 15 is 0 Å². The second-order valence-electron chi connectivity index (χ2n) is 6.07. The molecule has 0 fully saturated rings. The van der Waals surface area contributed by atoms with Gasteiger partial charge in [-0.05, 0) is 26.0 Å². The Morgan fingerprint density at radius 1 is 1.21 bits per heavy atom. The zero-order valence-corrected chi connectivity index (χ0v) is 15.7. The summed E-state index contributed by atoms with van der Waals surface area (Å²) in [5, 5.41) is 9.48. The fourth-order valence-electron chi connectivity index (χ4n) is 2.61. The predicted molar refractivity (Wildman–Crippen MR) is 97.5 cm³/mol. The molecule has 0 bridgehead atoms. The van der Waals surface area contributed by atoms with Gasteiger partial charge in [0.1, 0.15) is 11.4 Å². The summed E-state index contributed by atoms with van der Waals surface area (Å²) in [4.78, 5) is 20.4. The third-order valence-corrected chi connectivity index (χ3v) is 4.18. The predicted octanol–water partition coefficient (Wildman–Crippen LogP) is 3.26. The molecule has 1 amide bonds. The summed E-state index contributed by atoms with van der Waals surface area (Å²) in [6.45, 7) is 4.10. The van der Waals surface area contributed by atoms with E-state index < -0.39 is 11.7 Å². The van der Waals surface area contributed by atoms with Crippen LogP contribution in [0, 0.1) is 13.8 Å². The van der Waals surface area contributed by atoms with E-state index in [0.29, 0.717) is 17.4 Å². The highest BCUT2D eigenvalue weighted by atomic mass is 35.5. The number of anilines is 1. The van der Waals surface area contributed by atoms with Crippen molar-refractivity contribution in [2.75, 3.05) is 18.4 Å². The quantitative estimate of drug-likeness (QED) is 0.628. The first-order valence-corrected chi connectivity index (χ1v) is 8.61. The van der Waals surface area contributed by atoms with Crippen LogP contribution in [0.15, 0.2) is 24.5 Å². The second kappa shape index (κ2) is 7.63. The Labute approximate surface area is 162 Å². The minimum absolute atomic E-state index is 0.104. The number of nitrogens with one attached hydrogen (secondary N) is 2. The maximum Gasteiger partial charge on any atom is 0.417 e. The van der Waals surface area contributed by atoms with Gasteiger partial charge < -0.3 is 10.6 Å². The first kappa shape index (κ1) is 19.9. The van der Waals surface area contributed by atoms with Crippen molar-refractivity contribution >= 4 is 29.0 Å². The van der Waals surface area contributed by atoms with Gasteiger partial charge in [0.2, 0.25) is 0 Å². The summed E-state index contributed by atoms with van der Waals surface area (Å²) < 4.78 is 39.4. The number of pyridine rings is 1. The smallest absolute Gasteiger partial charge is 0.367 e. The van der Waals surface area contributed by atoms with Crippen LogP contribution in [-0.4, -0.2) is 38.6 Å². The third kappa shape index (κ3) is 4.16. The van der Waals surface area contributed by atoms with E-state index in [1.165, 1.54) is 6.20 Å². The molecule has 7 nitrogen and oxygen atoms in total. The first-order chi connectivity index (χ1) is 13.2. The molecule has 0 unspecified atom stereocenters. The van der Waals surface area contributed by atoms with Gasteiger partial charge in [-0.15, -0.1) is 0 Å². The van der Waals surface area contributed by atoms with Gasteiger partial charge in [-0.1, -0.05) is 11.6 Å². The Bertz CT molecular complexity index is 1030. The number of hydrogen-bond donors (Lipinski definition) is 2. The molecule has 3 aromatic heterocycles. The van der Waals surface area contributed by atoms with Gasteiger partial charge in [0.25, 0.3) is 5.91 Å². The van der Waals surface area contributed by atoms with Crippen molar-refractivity contribution in [1.82, 2.24) is 24.9 Å². The Morgan fingerprint density at radius 3 is 2.64 bits per heavy atom. The summed E-state index contributed by atoms with van der Waals surface area (Å²) in [6, 6.07) is 2.65. The molecule has 0 saturated heterocycles. The van der Waals surface area contributed by atoms with E-state index in [4.69, 9.17) is 11.6 Å². The van der Waals surface area contributed by atoms with Crippen molar-refractivity contribution < 1.29 is 18.0 Å². The van der Waals surface area contributed by atoms with Crippen LogP contribution >= 0.6 is 11.6 Å². The lowest BCUT2D eigenvalue weighted by atomic mass is 10.2. The van der Waals surface area contributed by atoms with E-state index in [1.54, 1.807) is 4.52 Å². The van der Waals surface area contributed by atoms with Gasteiger partial charge in [-0.2, -0.15) is 18.3 Å². The van der Waals surface area contributed by atoms with E-state index in [1.807, 2.05) is 19.9 Å². The molecule has 11 heteroatoms. The average Bonchev–Trinajstić information content (AvgIpc) is 3.03. The molecule has 3 heterocycles. The van der Waals surface area contributed by atoms with Crippen LogP contribution in [-0.2, 0) is 6.18 Å². The molecule has 0 aromatic carbocycles. The van der Waals surface area contributed by atoms with Crippen LogP contribution in [0.2, 0.25) is 5.02 Å². The number of carbonyl (C=O) groups excluding carboxylic acids is 1. The minimum Gasteiger partial charge on any atom is -0.367 e. The van der Waals surface area contributed by atoms with Crippen molar-refractivity contribution in [3.05, 3.63) is 52.1 Å². The van der Waals surface area contributed by atoms with Crippen LogP contribution in [0.3, 0.4) is 0 Å². The lowest BCUT2D eigenvalue weighted by Gasteiger charge is -2.11. The Balaban J connectivity index is 1.60. The summed E-state index contributed by atoms with van der Waals surface area (Å²) in [6.07, 6.45) is -2.38. The number of aryl methyl sites for hydroxylation is 2. The molecular formula is C17H16ClF3N6O. The highest BCUT2D eigenvalue weighted by Crippen LogP contribution is 2.32. The van der Waals surface area contributed by atoms with Crippen LogP contribution in [0.25, 0.3) is 5.65 Å². The van der Waals surface area contributed by atoms with Crippen molar-refractivity contribution in [3.63, 3.8) is 0 Å². The number of rotatable bonds is 5. The monoisotopic (exact) mass is 412 g/mol. The summed E-state index contributed by atoms with van der Waals surface area (Å²) in [7, 11) is 0. The van der Waals surface area contributed by atoms with Gasteiger partial charge in [0, 0.05) is 30.7 Å². The Hall–Kier alpha value is -2.88. The summed E-state index contributed by atoms with van der Waals surface area (Å²) in [5.41, 5.74) is 1.48. The molecule has 0 radical (unpaired) electrons. The van der Waals surface area contributed by atoms with Gasteiger partial charge in [0.05, 0.1) is 16.8 Å². The number of carbonyl (C=O) groups is 1. The molecule has 0 spiro atoms. The molecule has 3 rings (SSSR count). The molecule has 0 atom stereocenters. The molecule has 28 heavy (non-hydrogen) atoms. The number of amides is 1. The Kier molecular flexibility index (Phi) is 5.41. The number of fused-ring (bicyclic) bond motifs is 1. The second-order valence-corrected chi connectivity index (χ2v) is 6.47. The van der Waals surface area contributed by atoms with Crippen LogP contribution in [0.4, 0.5) is 19.0 Å². The average molecular weight is 413 g/mol. The molecule has 0 saturated carbocycles. The number of alkyl halides is 3. The standard InChI is InChI=1S/C17H16ClF3N6O/c1-9-5-10(2)27-15(26-9)12(8-25-27)16(28)23-4-3-22-14-13(18)6-11(7-24-14)17(19,20)21/h5-8H,3-4H2,1-2H3,(H,22,24)(H,23,28). The fourth-order valence-corrected chi connectivity index (χ4v) is 2.84. The lowest BCUT2D eigenvalue weighted by molar-refractivity contribution is -0.137. The minimum atomic E-state index is -4.51. The maximum atomic E-state index is 12.6. The summed E-state index contributed by atoms with van der Waals surface area (Å²) >= 11 is 5.82. The van der Waals surface area contributed by atoms with E-state index in [-0.39, 0.29) is 29.8 Å². The molecule has 2 N–H and O–H groups in total. The fraction of sp³-hybridized carbons (Fsp3) is 0.294. The number of hydrogen-bond acceptors (Lipinski definition) is 5. The van der Waals surface area contributed by atoms with E-state index in [9.17, 15) is 18.0 Å². The molecular weight excluding hydrogens is 397 g/mol. The summed E-state index contributed by atoms with van der Waals surface area (Å²) in [5.74, 6) is -0.256. The first-order valence-electron chi connectivity index (χ1n) is 8.23. The van der Waals surface area contributed by atoms with E-state index in [2.05, 4.69) is 25.7 Å². The molecule has 148 valence electrons. The van der Waals surface area contributed by atoms with Crippen LogP contribution in [0.1, 0.15) is 27.3 Å². The number of nitrogens with zero attached hydrogens (tertiary/aromatic N) is 4. The van der Waals surface area contributed by atoms with Crippen LogP contribution < -0.4 is 10.6 Å². The van der Waals surface area contributed by atoms with Crippen molar-refractivity contribution in [2.24, 2.45) is 0 Å². The van der Waals surface area contributed by atoms with E-state index in [0.717, 1.165) is 17.5 Å². The van der Waals surface area contributed by atoms with Crippen molar-refractivity contribution in [2.45, 2.75) is 20.0 Å². The SMILES string of the molecule is Cc1cc(C)n2ncc(C(=O)NCCNc3ncc(C(F)(F)F)cc3Cl)c2n1. The molecule has 0 aliphatic rings. The number of aromatic nitrogens is 4. The maximum absolute atomic E-state index is 12.6. The normalized spacial score (nSPS) is 11.6. The molecule has 0 aliphatic heterocycles. The van der Waals surface area contributed by atoms with Crippen molar-refractivity contribution in [3.8, 4) is 0 Å². The van der Waals surface area contributed by atoms with Crippen molar-refractivity contribution in [1.29, 1.82) is 0 Å². The Morgan fingerprint density at radius 2 is 1.96 bits per heavy atom.